The number of nitrogens with one attached hydrogen (secondary N) is 1. The molecule has 0 spiro atoms. The molecule has 1 amide bonds. The van der Waals surface area contributed by atoms with E-state index in [-0.39, 0.29) is 16.8 Å². The topological polar surface area (TPSA) is 154 Å². The Morgan fingerprint density at radius 1 is 0.833 bits per heavy atom. The quantitative estimate of drug-likeness (QED) is 0.132. The van der Waals surface area contributed by atoms with Gasteiger partial charge in [-0.25, -0.2) is 10.2 Å². The number of rotatable bonds is 7. The van der Waals surface area contributed by atoms with Crippen LogP contribution in [-0.2, 0) is 0 Å². The summed E-state index contributed by atoms with van der Waals surface area (Å²) < 4.78 is 5.27. The van der Waals surface area contributed by atoms with Crippen molar-refractivity contribution in [1.82, 2.24) is 5.43 Å². The molecule has 0 unspecified atom stereocenters. The number of nitrogens with zero attached hydrogens (tertiary/aromatic N) is 3. The second-order valence-corrected chi connectivity index (χ2v) is 7.37. The van der Waals surface area contributed by atoms with Crippen LogP contribution in [0, 0.1) is 20.2 Å². The molecule has 178 valence electrons. The van der Waals surface area contributed by atoms with Gasteiger partial charge in [0.15, 0.2) is 0 Å². The van der Waals surface area contributed by atoms with Gasteiger partial charge in [-0.1, -0.05) is 42.5 Å². The van der Waals surface area contributed by atoms with Crippen LogP contribution in [-0.4, -0.2) is 27.9 Å². The lowest BCUT2D eigenvalue weighted by atomic mass is 10.0. The van der Waals surface area contributed by atoms with Gasteiger partial charge in [0, 0.05) is 29.3 Å². The number of para-hydroxylation sites is 1. The molecule has 4 aromatic carbocycles. The number of ether oxygens (including phenoxy) is 1. The van der Waals surface area contributed by atoms with Gasteiger partial charge in [-0.15, -0.1) is 0 Å². The lowest BCUT2D eigenvalue weighted by molar-refractivity contribution is -0.385. The van der Waals surface area contributed by atoms with Crippen molar-refractivity contribution in [3.8, 4) is 5.75 Å². The highest BCUT2D eigenvalue weighted by molar-refractivity contribution is 6.07. The van der Waals surface area contributed by atoms with Crippen LogP contribution in [0.3, 0.4) is 0 Å². The van der Waals surface area contributed by atoms with Gasteiger partial charge in [-0.2, -0.15) is 5.10 Å². The summed E-state index contributed by atoms with van der Waals surface area (Å²) >= 11 is 0. The van der Waals surface area contributed by atoms with E-state index in [1.54, 1.807) is 24.3 Å². The summed E-state index contributed by atoms with van der Waals surface area (Å²) in [5.41, 5.74) is 2.03. The first-order valence-corrected chi connectivity index (χ1v) is 10.4. The van der Waals surface area contributed by atoms with Crippen LogP contribution in [0.15, 0.2) is 90.0 Å². The Morgan fingerprint density at radius 2 is 1.53 bits per heavy atom. The molecule has 0 aliphatic carbocycles. The third-order valence-corrected chi connectivity index (χ3v) is 5.13. The number of nitro benzene ring substituents is 2. The summed E-state index contributed by atoms with van der Waals surface area (Å²) in [4.78, 5) is 46.2. The number of hydrazone groups is 1. The van der Waals surface area contributed by atoms with E-state index in [1.165, 1.54) is 24.3 Å². The molecule has 0 aliphatic heterocycles. The lowest BCUT2D eigenvalue weighted by Gasteiger charge is -2.08. The van der Waals surface area contributed by atoms with Crippen LogP contribution in [0.2, 0.25) is 0 Å². The van der Waals surface area contributed by atoms with E-state index in [9.17, 15) is 29.8 Å². The van der Waals surface area contributed by atoms with Gasteiger partial charge in [0.25, 0.3) is 11.6 Å². The van der Waals surface area contributed by atoms with Gasteiger partial charge in [0.2, 0.25) is 5.75 Å². The van der Waals surface area contributed by atoms with Crippen molar-refractivity contribution in [2.45, 2.75) is 0 Å². The van der Waals surface area contributed by atoms with Crippen LogP contribution in [0.4, 0.5) is 11.4 Å². The predicted octanol–water partition coefficient (Wildman–Crippen LogP) is 4.64. The Labute approximate surface area is 202 Å². The highest BCUT2D eigenvalue weighted by Gasteiger charge is 2.22. The number of carbonyl (C=O) groups excluding carboxylic acids is 2. The second kappa shape index (κ2) is 10.2. The van der Waals surface area contributed by atoms with Gasteiger partial charge < -0.3 is 4.74 Å². The summed E-state index contributed by atoms with van der Waals surface area (Å²) in [7, 11) is 0. The fourth-order valence-electron chi connectivity index (χ4n) is 3.41. The van der Waals surface area contributed by atoms with Crippen molar-refractivity contribution in [3.05, 3.63) is 122 Å². The standard InChI is InChI=1S/C25H16N4O7/c30-24(21-9-3-6-16-5-1-2-8-20(16)21)27-26-15-18-7-4-10-22(29(34)35)23(18)36-25(31)17-11-13-19(14-12-17)28(32)33/h1-15H,(H,27,30)/b26-15+. The molecule has 0 aromatic heterocycles. The lowest BCUT2D eigenvalue weighted by Crippen LogP contribution is -2.18. The molecule has 0 aliphatic rings. The van der Waals surface area contributed by atoms with E-state index < -0.39 is 33.2 Å². The number of non-ortho nitro benzene ring substituents is 1. The molecule has 0 heterocycles. The number of esters is 1. The van der Waals surface area contributed by atoms with Gasteiger partial charge >= 0.3 is 11.7 Å². The number of hydrogen-bond acceptors (Lipinski definition) is 8. The minimum absolute atomic E-state index is 0.0501. The normalized spacial score (nSPS) is 10.8. The van der Waals surface area contributed by atoms with Crippen molar-refractivity contribution >= 4 is 40.2 Å². The highest BCUT2D eigenvalue weighted by Crippen LogP contribution is 2.31. The van der Waals surface area contributed by atoms with Crippen molar-refractivity contribution in [1.29, 1.82) is 0 Å². The fourth-order valence-corrected chi connectivity index (χ4v) is 3.41. The minimum atomic E-state index is -0.964. The van der Waals surface area contributed by atoms with Crippen LogP contribution in [0.25, 0.3) is 10.8 Å². The summed E-state index contributed by atoms with van der Waals surface area (Å²) in [6.45, 7) is 0. The van der Waals surface area contributed by atoms with E-state index in [2.05, 4.69) is 10.5 Å². The zero-order chi connectivity index (χ0) is 25.7. The van der Waals surface area contributed by atoms with E-state index in [4.69, 9.17) is 4.74 Å². The molecular weight excluding hydrogens is 468 g/mol. The maximum atomic E-state index is 12.7. The van der Waals surface area contributed by atoms with Crippen molar-refractivity contribution < 1.29 is 24.2 Å². The average molecular weight is 484 g/mol. The van der Waals surface area contributed by atoms with Crippen molar-refractivity contribution in [2.75, 3.05) is 0 Å². The van der Waals surface area contributed by atoms with Gasteiger partial charge in [-0.3, -0.25) is 25.0 Å². The van der Waals surface area contributed by atoms with Gasteiger partial charge in [-0.05, 0) is 35.0 Å². The first kappa shape index (κ1) is 23.7. The fraction of sp³-hybridized carbons (Fsp3) is 0. The Hall–Kier alpha value is -5.45. The van der Waals surface area contributed by atoms with E-state index in [0.717, 1.165) is 35.2 Å². The molecule has 0 bridgehead atoms. The van der Waals surface area contributed by atoms with E-state index in [1.807, 2.05) is 18.2 Å². The molecule has 36 heavy (non-hydrogen) atoms. The van der Waals surface area contributed by atoms with Crippen LogP contribution >= 0.6 is 0 Å². The van der Waals surface area contributed by atoms with Crippen LogP contribution in [0.5, 0.6) is 5.75 Å². The number of amides is 1. The first-order valence-electron chi connectivity index (χ1n) is 10.4. The van der Waals surface area contributed by atoms with E-state index >= 15 is 0 Å². The Bertz CT molecular complexity index is 1530. The number of benzene rings is 4. The summed E-state index contributed by atoms with van der Waals surface area (Å²) in [6.07, 6.45) is 1.12. The average Bonchev–Trinajstić information content (AvgIpc) is 2.88. The van der Waals surface area contributed by atoms with Gasteiger partial charge in [0.1, 0.15) is 0 Å². The number of carbonyl (C=O) groups is 2. The van der Waals surface area contributed by atoms with Crippen LogP contribution < -0.4 is 10.2 Å². The molecule has 0 fully saturated rings. The van der Waals surface area contributed by atoms with Crippen molar-refractivity contribution in [2.24, 2.45) is 5.10 Å². The smallest absolute Gasteiger partial charge is 0.343 e. The second-order valence-electron chi connectivity index (χ2n) is 7.37. The molecule has 11 heteroatoms. The zero-order valence-corrected chi connectivity index (χ0v) is 18.4. The van der Waals surface area contributed by atoms with Gasteiger partial charge in [0.05, 0.1) is 21.6 Å². The molecule has 0 atom stereocenters. The number of hydrogen-bond donors (Lipinski definition) is 1. The molecule has 11 nitrogen and oxygen atoms in total. The molecule has 0 radical (unpaired) electrons. The third kappa shape index (κ3) is 5.04. The first-order chi connectivity index (χ1) is 17.3. The van der Waals surface area contributed by atoms with Crippen molar-refractivity contribution in [3.63, 3.8) is 0 Å². The summed E-state index contributed by atoms with van der Waals surface area (Å²) in [5, 5.41) is 27.8. The maximum absolute atomic E-state index is 12.7. The Balaban J connectivity index is 1.58. The monoisotopic (exact) mass is 484 g/mol. The molecule has 1 N–H and O–H groups in total. The molecule has 4 aromatic rings. The largest absolute Gasteiger partial charge is 0.415 e. The molecule has 0 saturated carbocycles. The summed E-state index contributed by atoms with van der Waals surface area (Å²) in [5.74, 6) is -1.86. The zero-order valence-electron chi connectivity index (χ0n) is 18.4. The SMILES string of the molecule is O=C(Oc1c(/C=N/NC(=O)c2cccc3ccccc23)cccc1[N+](=O)[O-])c1ccc([N+](=O)[O-])cc1. The number of nitro groups is 2. The summed E-state index contributed by atoms with van der Waals surface area (Å²) in [6, 6.07) is 21.1. The Kier molecular flexibility index (Phi) is 6.73. The predicted molar refractivity (Wildman–Crippen MR) is 130 cm³/mol. The molecular formula is C25H16N4O7. The minimum Gasteiger partial charge on any atom is -0.415 e. The molecule has 4 rings (SSSR count). The molecule has 0 saturated heterocycles. The van der Waals surface area contributed by atoms with Crippen LogP contribution in [0.1, 0.15) is 26.3 Å². The van der Waals surface area contributed by atoms with E-state index in [0.29, 0.717) is 5.56 Å². The Morgan fingerprint density at radius 3 is 2.25 bits per heavy atom. The number of fused-ring (bicyclic) bond motifs is 1. The highest BCUT2D eigenvalue weighted by atomic mass is 16.6. The third-order valence-electron chi connectivity index (χ3n) is 5.13. The maximum Gasteiger partial charge on any atom is 0.343 e.